The normalized spacial score (nSPS) is 18.1. The van der Waals surface area contributed by atoms with Gasteiger partial charge < -0.3 is 15.1 Å². The van der Waals surface area contributed by atoms with Crippen LogP contribution in [0.4, 0.5) is 4.79 Å². The number of likely N-dealkylation sites (tertiary alicyclic amines) is 1. The van der Waals surface area contributed by atoms with Gasteiger partial charge in [0.2, 0.25) is 5.91 Å². The van der Waals surface area contributed by atoms with Crippen LogP contribution in [0.5, 0.6) is 0 Å². The molecule has 1 fully saturated rings. The summed E-state index contributed by atoms with van der Waals surface area (Å²) in [6.07, 6.45) is 3.60. The molecule has 1 aromatic rings. The van der Waals surface area contributed by atoms with Gasteiger partial charge in [-0.3, -0.25) is 9.69 Å². The fourth-order valence-corrected chi connectivity index (χ4v) is 4.05. The molecule has 0 aromatic heterocycles. The minimum atomic E-state index is 0.00902. The number of benzene rings is 1. The van der Waals surface area contributed by atoms with Crippen LogP contribution < -0.4 is 5.32 Å². The van der Waals surface area contributed by atoms with Crippen LogP contribution in [-0.2, 0) is 17.8 Å². The van der Waals surface area contributed by atoms with Gasteiger partial charge in [0.25, 0.3) is 0 Å². The molecule has 0 unspecified atom stereocenters. The summed E-state index contributed by atoms with van der Waals surface area (Å²) in [5.74, 6) is 0.240. The summed E-state index contributed by atoms with van der Waals surface area (Å²) in [4.78, 5) is 30.3. The molecule has 1 aromatic carbocycles. The third-order valence-corrected chi connectivity index (χ3v) is 5.71. The van der Waals surface area contributed by atoms with Crippen molar-refractivity contribution in [2.45, 2.75) is 32.2 Å². The maximum absolute atomic E-state index is 12.3. The minimum Gasteiger partial charge on any atom is -0.349 e. The van der Waals surface area contributed by atoms with Gasteiger partial charge in [0.15, 0.2) is 0 Å². The van der Waals surface area contributed by atoms with Gasteiger partial charge in [-0.2, -0.15) is 0 Å². The van der Waals surface area contributed by atoms with E-state index in [0.717, 1.165) is 45.3 Å². The van der Waals surface area contributed by atoms with E-state index in [1.165, 1.54) is 11.1 Å². The predicted octanol–water partition coefficient (Wildman–Crippen LogP) is 1.94. The molecule has 148 valence electrons. The number of nitrogens with one attached hydrogen (secondary N) is 1. The number of hydrogen-bond donors (Lipinski definition) is 1. The average Bonchev–Trinajstić information content (AvgIpc) is 2.70. The first-order valence-corrected chi connectivity index (χ1v) is 10.1. The third kappa shape index (κ3) is 5.22. The Labute approximate surface area is 162 Å². The summed E-state index contributed by atoms with van der Waals surface area (Å²) in [7, 11) is 3.59. The van der Waals surface area contributed by atoms with Crippen molar-refractivity contribution in [3.05, 3.63) is 35.4 Å². The first-order chi connectivity index (χ1) is 13.0. The molecule has 6 heteroatoms. The molecule has 0 bridgehead atoms. The number of amides is 3. The molecule has 27 heavy (non-hydrogen) atoms. The topological polar surface area (TPSA) is 55.9 Å². The lowest BCUT2D eigenvalue weighted by Gasteiger charge is -2.32. The lowest BCUT2D eigenvalue weighted by Crippen LogP contribution is -2.47. The largest absolute Gasteiger partial charge is 0.349 e. The standard InChI is InChI=1S/C21H32N4O2/c1-23(2)20(26)18-9-14-25(15-10-18)21(27)22-11-5-12-24-13-8-17-6-3-4-7-19(17)16-24/h3-4,6-7,18H,5,8-16H2,1-2H3,(H,22,27). The highest BCUT2D eigenvalue weighted by molar-refractivity contribution is 5.79. The van der Waals surface area contributed by atoms with Gasteiger partial charge >= 0.3 is 6.03 Å². The Morgan fingerprint density at radius 2 is 1.81 bits per heavy atom. The van der Waals surface area contributed by atoms with Crippen LogP contribution in [0, 0.1) is 5.92 Å². The molecule has 0 radical (unpaired) electrons. The molecule has 0 spiro atoms. The maximum Gasteiger partial charge on any atom is 0.317 e. The molecule has 6 nitrogen and oxygen atoms in total. The van der Waals surface area contributed by atoms with E-state index in [4.69, 9.17) is 0 Å². The molecule has 0 atom stereocenters. The first kappa shape index (κ1) is 19.7. The Kier molecular flexibility index (Phi) is 6.72. The van der Waals surface area contributed by atoms with Gasteiger partial charge in [-0.25, -0.2) is 4.79 Å². The molecule has 2 heterocycles. The number of nitrogens with zero attached hydrogens (tertiary/aromatic N) is 3. The fraction of sp³-hybridized carbons (Fsp3) is 0.619. The zero-order chi connectivity index (χ0) is 19.2. The summed E-state index contributed by atoms with van der Waals surface area (Å²) in [5.41, 5.74) is 2.90. The van der Waals surface area contributed by atoms with Crippen molar-refractivity contribution in [2.75, 3.05) is 46.8 Å². The summed E-state index contributed by atoms with van der Waals surface area (Å²) in [6.45, 7) is 5.15. The van der Waals surface area contributed by atoms with Crippen LogP contribution in [0.15, 0.2) is 24.3 Å². The molecule has 1 saturated heterocycles. The number of piperidine rings is 1. The van der Waals surface area contributed by atoms with E-state index in [-0.39, 0.29) is 17.9 Å². The van der Waals surface area contributed by atoms with Crippen LogP contribution in [0.1, 0.15) is 30.4 Å². The van der Waals surface area contributed by atoms with Crippen LogP contribution in [0.3, 0.4) is 0 Å². The van der Waals surface area contributed by atoms with Crippen molar-refractivity contribution in [1.29, 1.82) is 0 Å². The number of fused-ring (bicyclic) bond motifs is 1. The molecule has 3 amide bonds. The average molecular weight is 373 g/mol. The first-order valence-electron chi connectivity index (χ1n) is 10.1. The lowest BCUT2D eigenvalue weighted by atomic mass is 9.96. The number of carbonyl (C=O) groups excluding carboxylic acids is 2. The molecule has 0 saturated carbocycles. The van der Waals surface area contributed by atoms with Crippen molar-refractivity contribution in [1.82, 2.24) is 20.0 Å². The highest BCUT2D eigenvalue weighted by Crippen LogP contribution is 2.19. The SMILES string of the molecule is CN(C)C(=O)C1CCN(C(=O)NCCCN2CCc3ccccc3C2)CC1. The molecule has 2 aliphatic heterocycles. The molecule has 3 rings (SSSR count). The Morgan fingerprint density at radius 1 is 1.11 bits per heavy atom. The van der Waals surface area contributed by atoms with Crippen LogP contribution in [0.25, 0.3) is 0 Å². The van der Waals surface area contributed by atoms with Crippen LogP contribution >= 0.6 is 0 Å². The smallest absolute Gasteiger partial charge is 0.317 e. The van der Waals surface area contributed by atoms with E-state index in [1.807, 2.05) is 4.90 Å². The Balaban J connectivity index is 1.32. The van der Waals surface area contributed by atoms with Crippen molar-refractivity contribution < 1.29 is 9.59 Å². The van der Waals surface area contributed by atoms with Crippen LogP contribution in [0.2, 0.25) is 0 Å². The van der Waals surface area contributed by atoms with E-state index in [2.05, 4.69) is 34.5 Å². The third-order valence-electron chi connectivity index (χ3n) is 5.71. The van der Waals surface area contributed by atoms with Crippen molar-refractivity contribution in [2.24, 2.45) is 5.92 Å². The zero-order valence-corrected chi connectivity index (χ0v) is 16.6. The van der Waals surface area contributed by atoms with Crippen molar-refractivity contribution >= 4 is 11.9 Å². The number of rotatable bonds is 5. The monoisotopic (exact) mass is 372 g/mol. The highest BCUT2D eigenvalue weighted by atomic mass is 16.2. The van der Waals surface area contributed by atoms with E-state index < -0.39 is 0 Å². The Hall–Kier alpha value is -2.08. The van der Waals surface area contributed by atoms with Crippen molar-refractivity contribution in [3.63, 3.8) is 0 Å². The molecular weight excluding hydrogens is 340 g/mol. The molecule has 2 aliphatic rings. The van der Waals surface area contributed by atoms with Gasteiger partial charge in [0, 0.05) is 59.3 Å². The molecule has 1 N–H and O–H groups in total. The second-order valence-corrected chi connectivity index (χ2v) is 7.87. The highest BCUT2D eigenvalue weighted by Gasteiger charge is 2.28. The quantitative estimate of drug-likeness (QED) is 0.804. The fourth-order valence-electron chi connectivity index (χ4n) is 4.05. The number of urea groups is 1. The van der Waals surface area contributed by atoms with Gasteiger partial charge in [0.1, 0.15) is 0 Å². The van der Waals surface area contributed by atoms with Crippen LogP contribution in [-0.4, -0.2) is 73.5 Å². The maximum atomic E-state index is 12.3. The summed E-state index contributed by atoms with van der Waals surface area (Å²) in [6, 6.07) is 8.67. The summed E-state index contributed by atoms with van der Waals surface area (Å²) in [5, 5.41) is 3.04. The van der Waals surface area contributed by atoms with Gasteiger partial charge in [-0.15, -0.1) is 0 Å². The van der Waals surface area contributed by atoms with E-state index in [0.29, 0.717) is 19.6 Å². The second kappa shape index (κ2) is 9.22. The summed E-state index contributed by atoms with van der Waals surface area (Å²) < 4.78 is 0. The van der Waals surface area contributed by atoms with Gasteiger partial charge in [0.05, 0.1) is 0 Å². The van der Waals surface area contributed by atoms with E-state index in [1.54, 1.807) is 19.0 Å². The lowest BCUT2D eigenvalue weighted by molar-refractivity contribution is -0.134. The molecular formula is C21H32N4O2. The minimum absolute atomic E-state index is 0.00902. The van der Waals surface area contributed by atoms with Crippen molar-refractivity contribution in [3.8, 4) is 0 Å². The Morgan fingerprint density at radius 3 is 2.52 bits per heavy atom. The number of carbonyl (C=O) groups is 2. The predicted molar refractivity (Wildman–Crippen MR) is 106 cm³/mol. The van der Waals surface area contributed by atoms with E-state index in [9.17, 15) is 9.59 Å². The van der Waals surface area contributed by atoms with E-state index >= 15 is 0 Å². The molecule has 0 aliphatic carbocycles. The zero-order valence-electron chi connectivity index (χ0n) is 16.6. The van der Waals surface area contributed by atoms with Gasteiger partial charge in [-0.1, -0.05) is 24.3 Å². The van der Waals surface area contributed by atoms with Gasteiger partial charge in [-0.05, 0) is 36.8 Å². The number of hydrogen-bond acceptors (Lipinski definition) is 3. The Bertz CT molecular complexity index is 653. The summed E-state index contributed by atoms with van der Waals surface area (Å²) >= 11 is 0. The second-order valence-electron chi connectivity index (χ2n) is 7.87.